The van der Waals surface area contributed by atoms with Crippen molar-refractivity contribution in [2.45, 2.75) is 45.9 Å². The van der Waals surface area contributed by atoms with E-state index in [4.69, 9.17) is 0 Å². The maximum absolute atomic E-state index is 12.1. The highest BCUT2D eigenvalue weighted by Gasteiger charge is 2.31. The fourth-order valence-electron chi connectivity index (χ4n) is 1.79. The van der Waals surface area contributed by atoms with E-state index in [0.717, 1.165) is 36.8 Å². The van der Waals surface area contributed by atoms with E-state index in [9.17, 15) is 13.2 Å². The van der Waals surface area contributed by atoms with Crippen molar-refractivity contribution in [3.8, 4) is 5.75 Å². The number of benzene rings is 1. The van der Waals surface area contributed by atoms with Gasteiger partial charge in [-0.25, -0.2) is 0 Å². The fourth-order valence-corrected chi connectivity index (χ4v) is 1.79. The summed E-state index contributed by atoms with van der Waals surface area (Å²) in [5, 5.41) is 0. The summed E-state index contributed by atoms with van der Waals surface area (Å²) in [5.74, 6) is -0.157. The molecule has 0 heterocycles. The molecular formula is C15H19F3O. The van der Waals surface area contributed by atoms with Crippen LogP contribution in [0.25, 0.3) is 0 Å². The molecule has 0 radical (unpaired) electrons. The van der Waals surface area contributed by atoms with Gasteiger partial charge in [-0.05, 0) is 49.4 Å². The summed E-state index contributed by atoms with van der Waals surface area (Å²) in [6.07, 6.45) is 3.55. The maximum Gasteiger partial charge on any atom is 0.573 e. The molecule has 1 rings (SSSR count). The molecule has 0 aromatic heterocycles. The number of unbranched alkanes of at least 4 members (excludes halogenated alkanes) is 1. The molecule has 19 heavy (non-hydrogen) atoms. The van der Waals surface area contributed by atoms with Gasteiger partial charge in [0.2, 0.25) is 0 Å². The lowest BCUT2D eigenvalue weighted by Crippen LogP contribution is -2.17. The van der Waals surface area contributed by atoms with Crippen LogP contribution in [0, 0.1) is 6.92 Å². The summed E-state index contributed by atoms with van der Waals surface area (Å²) >= 11 is 0. The van der Waals surface area contributed by atoms with Gasteiger partial charge in [0, 0.05) is 0 Å². The van der Waals surface area contributed by atoms with E-state index in [1.165, 1.54) is 12.1 Å². The average molecular weight is 272 g/mol. The molecule has 0 aliphatic carbocycles. The third-order valence-electron chi connectivity index (χ3n) is 2.75. The molecule has 0 atom stereocenters. The van der Waals surface area contributed by atoms with Gasteiger partial charge in [-0.15, -0.1) is 13.2 Å². The zero-order valence-electron chi connectivity index (χ0n) is 11.3. The van der Waals surface area contributed by atoms with Crippen LogP contribution >= 0.6 is 0 Å². The molecule has 0 saturated carbocycles. The minimum absolute atomic E-state index is 0.157. The molecule has 0 bridgehead atoms. The van der Waals surface area contributed by atoms with Gasteiger partial charge < -0.3 is 4.74 Å². The van der Waals surface area contributed by atoms with Crippen molar-refractivity contribution in [3.05, 3.63) is 41.5 Å². The van der Waals surface area contributed by atoms with Gasteiger partial charge in [0.15, 0.2) is 0 Å². The summed E-state index contributed by atoms with van der Waals surface area (Å²) in [6, 6.07) is 4.49. The van der Waals surface area contributed by atoms with Crippen LogP contribution in [0.4, 0.5) is 13.2 Å². The Bertz CT molecular complexity index is 422. The monoisotopic (exact) mass is 272 g/mol. The van der Waals surface area contributed by atoms with Crippen molar-refractivity contribution in [1.82, 2.24) is 0 Å². The van der Waals surface area contributed by atoms with Crippen molar-refractivity contribution in [2.75, 3.05) is 0 Å². The Hall–Kier alpha value is -1.45. The van der Waals surface area contributed by atoms with Crippen LogP contribution in [0.2, 0.25) is 0 Å². The first-order valence-electron chi connectivity index (χ1n) is 6.42. The van der Waals surface area contributed by atoms with Crippen molar-refractivity contribution < 1.29 is 17.9 Å². The SMILES string of the molecule is CCCC=CCCc1ccc(OC(F)(F)F)cc1C. The predicted octanol–water partition coefficient (Wildman–Crippen LogP) is 5.18. The van der Waals surface area contributed by atoms with Crippen molar-refractivity contribution in [3.63, 3.8) is 0 Å². The molecule has 1 aromatic rings. The van der Waals surface area contributed by atoms with Gasteiger partial charge in [0.05, 0.1) is 0 Å². The Morgan fingerprint density at radius 1 is 1.16 bits per heavy atom. The Morgan fingerprint density at radius 2 is 1.84 bits per heavy atom. The first-order valence-corrected chi connectivity index (χ1v) is 6.42. The lowest BCUT2D eigenvalue weighted by Gasteiger charge is -2.11. The minimum Gasteiger partial charge on any atom is -0.406 e. The molecule has 0 aliphatic rings. The van der Waals surface area contributed by atoms with Crippen LogP contribution in [-0.2, 0) is 6.42 Å². The van der Waals surface area contributed by atoms with E-state index < -0.39 is 6.36 Å². The number of alkyl halides is 3. The zero-order valence-corrected chi connectivity index (χ0v) is 11.3. The standard InChI is InChI=1S/C15H19F3O/c1-3-4-5-6-7-8-13-9-10-14(11-12(13)2)19-15(16,17)18/h5-6,9-11H,3-4,7-8H2,1-2H3. The van der Waals surface area contributed by atoms with Crippen LogP contribution < -0.4 is 4.74 Å². The largest absolute Gasteiger partial charge is 0.573 e. The third-order valence-corrected chi connectivity index (χ3v) is 2.75. The van der Waals surface area contributed by atoms with Gasteiger partial charge in [-0.3, -0.25) is 0 Å². The number of allylic oxidation sites excluding steroid dienone is 2. The molecular weight excluding hydrogens is 253 g/mol. The number of aryl methyl sites for hydroxylation is 2. The Labute approximate surface area is 112 Å². The van der Waals surface area contributed by atoms with Crippen LogP contribution in [-0.4, -0.2) is 6.36 Å². The molecule has 0 amide bonds. The smallest absolute Gasteiger partial charge is 0.406 e. The first-order chi connectivity index (χ1) is 8.92. The van der Waals surface area contributed by atoms with E-state index >= 15 is 0 Å². The van der Waals surface area contributed by atoms with Crippen molar-refractivity contribution >= 4 is 0 Å². The highest BCUT2D eigenvalue weighted by atomic mass is 19.4. The molecule has 0 aliphatic heterocycles. The second kappa shape index (κ2) is 7.22. The topological polar surface area (TPSA) is 9.23 Å². The molecule has 0 spiro atoms. The lowest BCUT2D eigenvalue weighted by molar-refractivity contribution is -0.274. The van der Waals surface area contributed by atoms with Crippen molar-refractivity contribution in [2.24, 2.45) is 0 Å². The first kappa shape index (κ1) is 15.6. The van der Waals surface area contributed by atoms with Crippen LogP contribution in [0.5, 0.6) is 5.75 Å². The quantitative estimate of drug-likeness (QED) is 0.648. The minimum atomic E-state index is -4.63. The second-order valence-corrected chi connectivity index (χ2v) is 4.43. The van der Waals surface area contributed by atoms with Crippen LogP contribution in [0.15, 0.2) is 30.4 Å². The highest BCUT2D eigenvalue weighted by Crippen LogP contribution is 2.25. The summed E-state index contributed by atoms with van der Waals surface area (Å²) < 4.78 is 40.1. The molecule has 0 N–H and O–H groups in total. The fraction of sp³-hybridized carbons (Fsp3) is 0.467. The van der Waals surface area contributed by atoms with E-state index in [2.05, 4.69) is 23.8 Å². The summed E-state index contributed by atoms with van der Waals surface area (Å²) in [7, 11) is 0. The molecule has 1 nitrogen and oxygen atoms in total. The Kier molecular flexibility index (Phi) is 5.93. The molecule has 4 heteroatoms. The van der Waals surface area contributed by atoms with Crippen LogP contribution in [0.1, 0.15) is 37.3 Å². The zero-order chi connectivity index (χ0) is 14.3. The third kappa shape index (κ3) is 6.32. The molecule has 0 fully saturated rings. The number of halogens is 3. The average Bonchev–Trinajstić information content (AvgIpc) is 2.29. The maximum atomic E-state index is 12.1. The number of rotatable bonds is 6. The Balaban J connectivity index is 2.57. The van der Waals surface area contributed by atoms with Gasteiger partial charge in [0.25, 0.3) is 0 Å². The highest BCUT2D eigenvalue weighted by molar-refractivity contribution is 5.35. The van der Waals surface area contributed by atoms with E-state index in [1.54, 1.807) is 13.0 Å². The summed E-state index contributed by atoms with van der Waals surface area (Å²) in [6.45, 7) is 3.92. The van der Waals surface area contributed by atoms with Crippen LogP contribution in [0.3, 0.4) is 0 Å². The molecule has 0 unspecified atom stereocenters. The van der Waals surface area contributed by atoms with E-state index in [1.807, 2.05) is 0 Å². The number of hydrogen-bond donors (Lipinski definition) is 0. The molecule has 0 saturated heterocycles. The Morgan fingerprint density at radius 3 is 2.42 bits per heavy atom. The normalized spacial score (nSPS) is 12.1. The number of ether oxygens (including phenoxy) is 1. The van der Waals surface area contributed by atoms with E-state index in [-0.39, 0.29) is 5.75 Å². The molecule has 106 valence electrons. The van der Waals surface area contributed by atoms with Gasteiger partial charge in [-0.1, -0.05) is 31.6 Å². The molecule has 1 aromatic carbocycles. The number of hydrogen-bond acceptors (Lipinski definition) is 1. The summed E-state index contributed by atoms with van der Waals surface area (Å²) in [5.41, 5.74) is 1.88. The van der Waals surface area contributed by atoms with E-state index in [0.29, 0.717) is 0 Å². The van der Waals surface area contributed by atoms with Gasteiger partial charge in [-0.2, -0.15) is 0 Å². The van der Waals surface area contributed by atoms with Crippen molar-refractivity contribution in [1.29, 1.82) is 0 Å². The second-order valence-electron chi connectivity index (χ2n) is 4.43. The predicted molar refractivity (Wildman–Crippen MR) is 70.2 cm³/mol. The lowest BCUT2D eigenvalue weighted by atomic mass is 10.0. The van der Waals surface area contributed by atoms with Gasteiger partial charge >= 0.3 is 6.36 Å². The summed E-state index contributed by atoms with van der Waals surface area (Å²) in [4.78, 5) is 0. The van der Waals surface area contributed by atoms with Gasteiger partial charge in [0.1, 0.15) is 5.75 Å².